The third kappa shape index (κ3) is 4.45. The van der Waals surface area contributed by atoms with Gasteiger partial charge in [0.1, 0.15) is 12.4 Å². The van der Waals surface area contributed by atoms with Gasteiger partial charge in [0, 0.05) is 25.1 Å². The number of nitrogens with zero attached hydrogens (tertiary/aromatic N) is 4. The molecule has 25 heavy (non-hydrogen) atoms. The Morgan fingerprint density at radius 3 is 2.80 bits per heavy atom. The largest absolute Gasteiger partial charge is 0.367 e. The van der Waals surface area contributed by atoms with E-state index in [1.165, 1.54) is 0 Å². The van der Waals surface area contributed by atoms with Gasteiger partial charge in [-0.25, -0.2) is 0 Å². The fraction of sp³-hybridized carbons (Fsp3) is 0.647. The number of ether oxygens (including phenoxy) is 1. The average molecular weight is 348 g/mol. The summed E-state index contributed by atoms with van der Waals surface area (Å²) in [5.74, 6) is 2.00. The summed E-state index contributed by atoms with van der Waals surface area (Å²) in [6, 6.07) is 0. The minimum atomic E-state index is 0.00368. The molecule has 0 aliphatic carbocycles. The zero-order chi connectivity index (χ0) is 17.8. The van der Waals surface area contributed by atoms with Gasteiger partial charge in [0.2, 0.25) is 5.91 Å². The SMILES string of the molecule is Cc1noc(CO[C@H]2CCCN(C(=O)CCc3c(C)noc3C)C2)n1. The van der Waals surface area contributed by atoms with E-state index in [-0.39, 0.29) is 18.6 Å². The predicted octanol–water partition coefficient (Wildman–Crippen LogP) is 2.12. The maximum Gasteiger partial charge on any atom is 0.252 e. The Balaban J connectivity index is 1.47. The third-order valence-electron chi connectivity index (χ3n) is 4.51. The van der Waals surface area contributed by atoms with Crippen LogP contribution in [0.15, 0.2) is 9.05 Å². The number of carbonyl (C=O) groups excluding carboxylic acids is 1. The zero-order valence-electron chi connectivity index (χ0n) is 14.9. The van der Waals surface area contributed by atoms with Crippen LogP contribution < -0.4 is 0 Å². The number of rotatable bonds is 6. The normalized spacial score (nSPS) is 17.9. The molecule has 136 valence electrons. The summed E-state index contributed by atoms with van der Waals surface area (Å²) in [6.07, 6.45) is 2.98. The number of aryl methyl sites for hydroxylation is 3. The van der Waals surface area contributed by atoms with Crippen molar-refractivity contribution in [2.45, 2.75) is 59.2 Å². The summed E-state index contributed by atoms with van der Waals surface area (Å²) in [5, 5.41) is 7.68. The molecule has 1 atom stereocenters. The van der Waals surface area contributed by atoms with E-state index in [9.17, 15) is 4.79 Å². The highest BCUT2D eigenvalue weighted by molar-refractivity contribution is 5.76. The Morgan fingerprint density at radius 2 is 2.12 bits per heavy atom. The molecule has 0 spiro atoms. The Bertz CT molecular complexity index is 705. The van der Waals surface area contributed by atoms with Crippen molar-refractivity contribution in [2.75, 3.05) is 13.1 Å². The Morgan fingerprint density at radius 1 is 1.28 bits per heavy atom. The molecular weight excluding hydrogens is 324 g/mol. The van der Waals surface area contributed by atoms with E-state index >= 15 is 0 Å². The van der Waals surface area contributed by atoms with Crippen LogP contribution in [0.5, 0.6) is 0 Å². The van der Waals surface area contributed by atoms with Crippen LogP contribution in [0.4, 0.5) is 0 Å². The fourth-order valence-corrected chi connectivity index (χ4v) is 3.14. The number of amides is 1. The summed E-state index contributed by atoms with van der Waals surface area (Å²) in [6.45, 7) is 7.22. The lowest BCUT2D eigenvalue weighted by atomic mass is 10.1. The van der Waals surface area contributed by atoms with Crippen LogP contribution in [0.2, 0.25) is 0 Å². The first-order chi connectivity index (χ1) is 12.0. The van der Waals surface area contributed by atoms with Crippen LogP contribution in [0.1, 0.15) is 48.0 Å². The number of hydrogen-bond donors (Lipinski definition) is 0. The predicted molar refractivity (Wildman–Crippen MR) is 87.7 cm³/mol. The lowest BCUT2D eigenvalue weighted by molar-refractivity contribution is -0.135. The summed E-state index contributed by atoms with van der Waals surface area (Å²) >= 11 is 0. The van der Waals surface area contributed by atoms with Gasteiger partial charge >= 0.3 is 0 Å². The van der Waals surface area contributed by atoms with Gasteiger partial charge in [0.15, 0.2) is 5.82 Å². The molecule has 2 aromatic heterocycles. The molecule has 0 saturated carbocycles. The third-order valence-corrected chi connectivity index (χ3v) is 4.51. The van der Waals surface area contributed by atoms with Crippen molar-refractivity contribution in [1.82, 2.24) is 20.2 Å². The van der Waals surface area contributed by atoms with E-state index in [2.05, 4.69) is 15.3 Å². The molecule has 0 unspecified atom stereocenters. The van der Waals surface area contributed by atoms with Gasteiger partial charge in [0.05, 0.1) is 11.8 Å². The number of piperidine rings is 1. The van der Waals surface area contributed by atoms with E-state index in [1.54, 1.807) is 6.92 Å². The first kappa shape index (κ1) is 17.6. The molecule has 8 nitrogen and oxygen atoms in total. The molecule has 8 heteroatoms. The molecule has 3 rings (SSSR count). The van der Waals surface area contributed by atoms with Gasteiger partial charge in [-0.1, -0.05) is 10.3 Å². The monoisotopic (exact) mass is 348 g/mol. The van der Waals surface area contributed by atoms with E-state index < -0.39 is 0 Å². The highest BCUT2D eigenvalue weighted by Crippen LogP contribution is 2.18. The van der Waals surface area contributed by atoms with Gasteiger partial charge in [-0.2, -0.15) is 4.98 Å². The summed E-state index contributed by atoms with van der Waals surface area (Å²) in [4.78, 5) is 18.5. The molecular formula is C17H24N4O4. The number of hydrogen-bond acceptors (Lipinski definition) is 7. The van der Waals surface area contributed by atoms with Crippen LogP contribution in [0.25, 0.3) is 0 Å². The molecule has 0 radical (unpaired) electrons. The Labute approximate surface area is 146 Å². The molecule has 1 saturated heterocycles. The van der Waals surface area contributed by atoms with E-state index in [1.807, 2.05) is 18.7 Å². The average Bonchev–Trinajstić information content (AvgIpc) is 3.17. The maximum absolute atomic E-state index is 12.5. The minimum Gasteiger partial charge on any atom is -0.367 e. The van der Waals surface area contributed by atoms with Crippen LogP contribution in [0, 0.1) is 20.8 Å². The van der Waals surface area contributed by atoms with Crippen LogP contribution in [-0.2, 0) is 22.6 Å². The topological polar surface area (TPSA) is 94.5 Å². The van der Waals surface area contributed by atoms with Crippen molar-refractivity contribution in [3.8, 4) is 0 Å². The summed E-state index contributed by atoms with van der Waals surface area (Å²) < 4.78 is 16.0. The van der Waals surface area contributed by atoms with Crippen molar-refractivity contribution < 1.29 is 18.6 Å². The first-order valence-electron chi connectivity index (χ1n) is 8.63. The van der Waals surface area contributed by atoms with E-state index in [4.69, 9.17) is 13.8 Å². The lowest BCUT2D eigenvalue weighted by Crippen LogP contribution is -2.43. The standard InChI is InChI=1S/C17H24N4O4/c1-11-15(12(2)24-19-11)6-7-17(22)21-8-4-5-14(9-21)23-10-16-18-13(3)20-25-16/h14H,4-10H2,1-3H3/t14-/m0/s1. The number of carbonyl (C=O) groups is 1. The zero-order valence-corrected chi connectivity index (χ0v) is 14.9. The van der Waals surface area contributed by atoms with Crippen LogP contribution >= 0.6 is 0 Å². The van der Waals surface area contributed by atoms with Gasteiger partial charge in [-0.3, -0.25) is 4.79 Å². The van der Waals surface area contributed by atoms with Crippen molar-refractivity contribution >= 4 is 5.91 Å². The van der Waals surface area contributed by atoms with Crippen LogP contribution in [0.3, 0.4) is 0 Å². The van der Waals surface area contributed by atoms with E-state index in [0.29, 0.717) is 31.1 Å². The molecule has 0 aromatic carbocycles. The highest BCUT2D eigenvalue weighted by atomic mass is 16.5. The second kappa shape index (κ2) is 7.77. The van der Waals surface area contributed by atoms with Crippen molar-refractivity contribution in [2.24, 2.45) is 0 Å². The van der Waals surface area contributed by atoms with Crippen molar-refractivity contribution in [3.63, 3.8) is 0 Å². The van der Waals surface area contributed by atoms with Gasteiger partial charge in [-0.15, -0.1) is 0 Å². The minimum absolute atomic E-state index is 0.00368. The molecule has 1 fully saturated rings. The highest BCUT2D eigenvalue weighted by Gasteiger charge is 2.25. The quantitative estimate of drug-likeness (QED) is 0.789. The lowest BCUT2D eigenvalue weighted by Gasteiger charge is -2.32. The first-order valence-corrected chi connectivity index (χ1v) is 8.63. The van der Waals surface area contributed by atoms with Crippen LogP contribution in [-0.4, -0.2) is 45.3 Å². The van der Waals surface area contributed by atoms with Gasteiger partial charge in [-0.05, 0) is 40.0 Å². The maximum atomic E-state index is 12.5. The Kier molecular flexibility index (Phi) is 5.47. The Hall–Kier alpha value is -2.22. The summed E-state index contributed by atoms with van der Waals surface area (Å²) in [7, 11) is 0. The number of likely N-dealkylation sites (tertiary alicyclic amines) is 1. The smallest absolute Gasteiger partial charge is 0.252 e. The molecule has 1 aliphatic rings. The van der Waals surface area contributed by atoms with Gasteiger partial charge < -0.3 is 18.7 Å². The van der Waals surface area contributed by atoms with E-state index in [0.717, 1.165) is 36.4 Å². The molecule has 1 amide bonds. The molecule has 0 N–H and O–H groups in total. The second-order valence-corrected chi connectivity index (χ2v) is 6.45. The number of aromatic nitrogens is 3. The van der Waals surface area contributed by atoms with Gasteiger partial charge in [0.25, 0.3) is 5.89 Å². The fourth-order valence-electron chi connectivity index (χ4n) is 3.14. The molecule has 2 aromatic rings. The second-order valence-electron chi connectivity index (χ2n) is 6.45. The van der Waals surface area contributed by atoms with Crippen molar-refractivity contribution in [3.05, 3.63) is 28.7 Å². The van der Waals surface area contributed by atoms with Crippen molar-refractivity contribution in [1.29, 1.82) is 0 Å². The molecule has 0 bridgehead atoms. The summed E-state index contributed by atoms with van der Waals surface area (Å²) in [5.41, 5.74) is 1.89. The molecule has 3 heterocycles. The molecule has 1 aliphatic heterocycles.